The molecule has 1 unspecified atom stereocenters. The van der Waals surface area contributed by atoms with Gasteiger partial charge in [0.15, 0.2) is 11.5 Å². The summed E-state index contributed by atoms with van der Waals surface area (Å²) in [4.78, 5) is 29.4. The fourth-order valence-corrected chi connectivity index (χ4v) is 3.30. The molecule has 0 saturated heterocycles. The van der Waals surface area contributed by atoms with E-state index in [1.54, 1.807) is 6.07 Å². The lowest BCUT2D eigenvalue weighted by Crippen LogP contribution is -2.23. The van der Waals surface area contributed by atoms with E-state index in [0.29, 0.717) is 23.6 Å². The van der Waals surface area contributed by atoms with Crippen LogP contribution in [0.15, 0.2) is 72.8 Å². The van der Waals surface area contributed by atoms with Gasteiger partial charge < -0.3 is 25.0 Å². The molecule has 3 N–H and O–H groups in total. The highest BCUT2D eigenvalue weighted by molar-refractivity contribution is 6.27. The van der Waals surface area contributed by atoms with E-state index in [4.69, 9.17) is 29.3 Å². The Hall–Kier alpha value is -4.44. The van der Waals surface area contributed by atoms with Crippen molar-refractivity contribution in [1.29, 1.82) is 0 Å². The van der Waals surface area contributed by atoms with Crippen LogP contribution >= 0.6 is 0 Å². The Kier molecular flexibility index (Phi) is 10.2. The van der Waals surface area contributed by atoms with Crippen LogP contribution in [0.1, 0.15) is 22.7 Å². The first-order chi connectivity index (χ1) is 16.8. The van der Waals surface area contributed by atoms with Crippen LogP contribution in [0.3, 0.4) is 0 Å². The van der Waals surface area contributed by atoms with Gasteiger partial charge in [-0.1, -0.05) is 60.7 Å². The molecule has 0 aliphatic carbocycles. The van der Waals surface area contributed by atoms with Crippen molar-refractivity contribution in [3.05, 3.63) is 99.6 Å². The summed E-state index contributed by atoms with van der Waals surface area (Å²) >= 11 is 0. The molecule has 35 heavy (non-hydrogen) atoms. The number of carboxylic acids is 2. The van der Waals surface area contributed by atoms with Gasteiger partial charge in [0.2, 0.25) is 0 Å². The number of nitro benzene ring substituents is 1. The molecule has 0 amide bonds. The average Bonchev–Trinajstić information content (AvgIpc) is 2.87. The van der Waals surface area contributed by atoms with Crippen LogP contribution in [0.4, 0.5) is 5.69 Å². The van der Waals surface area contributed by atoms with Crippen LogP contribution in [0.5, 0.6) is 11.5 Å². The number of rotatable bonds is 9. The van der Waals surface area contributed by atoms with Gasteiger partial charge in [0.25, 0.3) is 5.69 Å². The number of benzene rings is 3. The van der Waals surface area contributed by atoms with Crippen molar-refractivity contribution < 1.29 is 34.2 Å². The van der Waals surface area contributed by atoms with Gasteiger partial charge >= 0.3 is 11.9 Å². The van der Waals surface area contributed by atoms with Crippen LogP contribution < -0.4 is 14.8 Å². The monoisotopic (exact) mass is 482 g/mol. The number of nitro groups is 1. The maximum Gasteiger partial charge on any atom is 0.414 e. The SMILES string of the molecule is COc1cc(CNC(Cc2ccccc2)c2ccccc2)c([N+](=O)[O-])cc1OC.O=C(O)C(=O)O. The standard InChI is InChI=1S/C23H24N2O4.C2H2O4/c1-28-22-14-19(21(25(26)27)15-23(22)29-2)16-24-20(18-11-7-4-8-12-18)13-17-9-5-3-6-10-17;3-1(4)2(5)6/h3-12,14-15,20,24H,13,16H2,1-2H3;(H,3,4)(H,5,6). The molecule has 3 rings (SSSR count). The summed E-state index contributed by atoms with van der Waals surface area (Å²) in [5.74, 6) is -2.84. The van der Waals surface area contributed by atoms with E-state index < -0.39 is 16.9 Å². The van der Waals surface area contributed by atoms with Gasteiger partial charge in [0.05, 0.1) is 25.2 Å². The molecular formula is C25H26N2O8. The first-order valence-corrected chi connectivity index (χ1v) is 10.4. The van der Waals surface area contributed by atoms with Crippen molar-refractivity contribution in [3.8, 4) is 11.5 Å². The number of carboxylic acid groups (broad SMARTS) is 2. The van der Waals surface area contributed by atoms with Crippen molar-refractivity contribution in [2.24, 2.45) is 0 Å². The highest BCUT2D eigenvalue weighted by atomic mass is 16.6. The van der Waals surface area contributed by atoms with Crippen molar-refractivity contribution in [3.63, 3.8) is 0 Å². The molecule has 1 atom stereocenters. The molecule has 0 spiro atoms. The van der Waals surface area contributed by atoms with Gasteiger partial charge in [0.1, 0.15) is 0 Å². The number of nitrogens with zero attached hydrogens (tertiary/aromatic N) is 1. The van der Waals surface area contributed by atoms with Crippen LogP contribution in [0, 0.1) is 10.1 Å². The van der Waals surface area contributed by atoms with Crippen LogP contribution in [0.2, 0.25) is 0 Å². The first kappa shape index (κ1) is 26.8. The molecule has 0 heterocycles. The molecule has 0 fully saturated rings. The maximum absolute atomic E-state index is 11.6. The second-order valence-electron chi connectivity index (χ2n) is 7.24. The maximum atomic E-state index is 11.6. The first-order valence-electron chi connectivity index (χ1n) is 10.4. The van der Waals surface area contributed by atoms with E-state index in [2.05, 4.69) is 29.6 Å². The summed E-state index contributed by atoms with van der Waals surface area (Å²) in [5, 5.41) is 29.8. The Labute approximate surface area is 201 Å². The van der Waals surface area contributed by atoms with Gasteiger partial charge in [0, 0.05) is 18.2 Å². The minimum absolute atomic E-state index is 0.00155. The minimum Gasteiger partial charge on any atom is -0.493 e. The normalized spacial score (nSPS) is 10.9. The zero-order valence-electron chi connectivity index (χ0n) is 19.2. The molecule has 0 aromatic heterocycles. The third-order valence-corrected chi connectivity index (χ3v) is 4.99. The van der Waals surface area contributed by atoms with Crippen LogP contribution in [0.25, 0.3) is 0 Å². The summed E-state index contributed by atoms with van der Waals surface area (Å²) in [6.45, 7) is 0.322. The lowest BCUT2D eigenvalue weighted by atomic mass is 9.98. The van der Waals surface area contributed by atoms with Gasteiger partial charge in [-0.3, -0.25) is 10.1 Å². The van der Waals surface area contributed by atoms with E-state index in [1.165, 1.54) is 25.8 Å². The predicted molar refractivity (Wildman–Crippen MR) is 128 cm³/mol. The molecular weight excluding hydrogens is 456 g/mol. The minimum atomic E-state index is -1.82. The number of hydrogen-bond donors (Lipinski definition) is 3. The largest absolute Gasteiger partial charge is 0.493 e. The van der Waals surface area contributed by atoms with Gasteiger partial charge in [-0.25, -0.2) is 9.59 Å². The third kappa shape index (κ3) is 8.13. The second kappa shape index (κ2) is 13.3. The van der Waals surface area contributed by atoms with Crippen molar-refractivity contribution >= 4 is 17.6 Å². The van der Waals surface area contributed by atoms with Crippen LogP contribution in [-0.2, 0) is 22.6 Å². The Morgan fingerprint density at radius 1 is 0.914 bits per heavy atom. The lowest BCUT2D eigenvalue weighted by Gasteiger charge is -2.20. The van der Waals surface area contributed by atoms with Gasteiger partial charge in [-0.15, -0.1) is 0 Å². The molecule has 0 radical (unpaired) electrons. The number of nitrogens with one attached hydrogen (secondary N) is 1. The summed E-state index contributed by atoms with van der Waals surface area (Å²) in [5.41, 5.74) is 2.86. The van der Waals surface area contributed by atoms with Gasteiger partial charge in [-0.2, -0.15) is 0 Å². The second-order valence-corrected chi connectivity index (χ2v) is 7.24. The highest BCUT2D eigenvalue weighted by Gasteiger charge is 2.21. The summed E-state index contributed by atoms with van der Waals surface area (Å²) in [6.07, 6.45) is 0.770. The van der Waals surface area contributed by atoms with Gasteiger partial charge in [-0.05, 0) is 23.6 Å². The fraction of sp³-hybridized carbons (Fsp3) is 0.200. The molecule has 3 aromatic rings. The quantitative estimate of drug-likeness (QED) is 0.235. The number of aliphatic carboxylic acids is 2. The smallest absolute Gasteiger partial charge is 0.414 e. The molecule has 10 nitrogen and oxygen atoms in total. The Balaban J connectivity index is 0.000000641. The summed E-state index contributed by atoms with van der Waals surface area (Å²) in [6, 6.07) is 23.3. The zero-order chi connectivity index (χ0) is 25.8. The number of methoxy groups -OCH3 is 2. The Bertz CT molecular complexity index is 1120. The lowest BCUT2D eigenvalue weighted by molar-refractivity contribution is -0.385. The topological polar surface area (TPSA) is 148 Å². The van der Waals surface area contributed by atoms with E-state index in [-0.39, 0.29) is 11.7 Å². The molecule has 10 heteroatoms. The van der Waals surface area contributed by atoms with Crippen molar-refractivity contribution in [2.75, 3.05) is 14.2 Å². The van der Waals surface area contributed by atoms with E-state index >= 15 is 0 Å². The zero-order valence-corrected chi connectivity index (χ0v) is 19.2. The van der Waals surface area contributed by atoms with E-state index in [9.17, 15) is 10.1 Å². The van der Waals surface area contributed by atoms with E-state index in [1.807, 2.05) is 36.4 Å². The van der Waals surface area contributed by atoms with Crippen molar-refractivity contribution in [1.82, 2.24) is 5.32 Å². The predicted octanol–water partition coefficient (Wildman–Crippen LogP) is 3.84. The molecule has 0 saturated carbocycles. The molecule has 3 aromatic carbocycles. The highest BCUT2D eigenvalue weighted by Crippen LogP contribution is 2.34. The average molecular weight is 482 g/mol. The number of hydrogen-bond acceptors (Lipinski definition) is 7. The molecule has 184 valence electrons. The third-order valence-electron chi connectivity index (χ3n) is 4.99. The number of ether oxygens (including phenoxy) is 2. The molecule has 0 aliphatic rings. The van der Waals surface area contributed by atoms with Crippen LogP contribution in [-0.4, -0.2) is 41.3 Å². The summed E-state index contributed by atoms with van der Waals surface area (Å²) < 4.78 is 10.5. The summed E-state index contributed by atoms with van der Waals surface area (Å²) in [7, 11) is 2.98. The Morgan fingerprint density at radius 3 is 1.91 bits per heavy atom. The molecule has 0 bridgehead atoms. The molecule has 0 aliphatic heterocycles. The Morgan fingerprint density at radius 2 is 1.43 bits per heavy atom. The van der Waals surface area contributed by atoms with E-state index in [0.717, 1.165) is 12.0 Å². The number of carbonyl (C=O) groups is 2. The fourth-order valence-electron chi connectivity index (χ4n) is 3.30. The van der Waals surface area contributed by atoms with Crippen molar-refractivity contribution in [2.45, 2.75) is 19.0 Å².